The highest BCUT2D eigenvalue weighted by Gasteiger charge is 2.16. The van der Waals surface area contributed by atoms with Gasteiger partial charge in [-0.3, -0.25) is 0 Å². The maximum atomic E-state index is 4.81. The molecule has 24 heavy (non-hydrogen) atoms. The second kappa shape index (κ2) is 7.65. The first-order chi connectivity index (χ1) is 11.7. The van der Waals surface area contributed by atoms with Crippen LogP contribution in [0.2, 0.25) is 0 Å². The first-order valence-corrected chi connectivity index (χ1v) is 9.12. The zero-order chi connectivity index (χ0) is 16.9. The van der Waals surface area contributed by atoms with Crippen LogP contribution in [0.3, 0.4) is 0 Å². The van der Waals surface area contributed by atoms with Crippen LogP contribution < -0.4 is 10.2 Å². The minimum Gasteiger partial charge on any atom is -0.367 e. The highest BCUT2D eigenvalue weighted by molar-refractivity contribution is 5.59. The number of nitrogens with zero attached hydrogens (tertiary/aromatic N) is 3. The molecule has 1 aromatic carbocycles. The fraction of sp³-hybridized carbons (Fsp3) is 0.500. The third kappa shape index (κ3) is 4.05. The van der Waals surface area contributed by atoms with Crippen molar-refractivity contribution in [1.82, 2.24) is 9.97 Å². The van der Waals surface area contributed by atoms with Crippen LogP contribution in [0, 0.1) is 13.8 Å². The zero-order valence-corrected chi connectivity index (χ0v) is 15.0. The first-order valence-electron chi connectivity index (χ1n) is 9.12. The molecule has 128 valence electrons. The van der Waals surface area contributed by atoms with Gasteiger partial charge in [-0.05, 0) is 51.3 Å². The van der Waals surface area contributed by atoms with E-state index >= 15 is 0 Å². The van der Waals surface area contributed by atoms with Gasteiger partial charge in [0.1, 0.15) is 5.82 Å². The lowest BCUT2D eigenvalue weighted by Crippen LogP contribution is -2.24. The Morgan fingerprint density at radius 3 is 2.58 bits per heavy atom. The molecule has 4 heteroatoms. The summed E-state index contributed by atoms with van der Waals surface area (Å²) in [5.41, 5.74) is 3.40. The summed E-state index contributed by atoms with van der Waals surface area (Å²) in [4.78, 5) is 11.7. The molecule has 1 N–H and O–H groups in total. The lowest BCUT2D eigenvalue weighted by Gasteiger charge is -2.25. The van der Waals surface area contributed by atoms with E-state index in [0.29, 0.717) is 6.04 Å². The monoisotopic (exact) mass is 324 g/mol. The average Bonchev–Trinajstić information content (AvgIpc) is 2.56. The number of rotatable bonds is 5. The molecule has 4 nitrogen and oxygen atoms in total. The Morgan fingerprint density at radius 2 is 1.88 bits per heavy atom. The molecule has 1 aromatic heterocycles. The summed E-state index contributed by atoms with van der Waals surface area (Å²) < 4.78 is 0. The van der Waals surface area contributed by atoms with Gasteiger partial charge in [0, 0.05) is 30.0 Å². The molecular formula is C20H28N4. The molecule has 0 atom stereocenters. The van der Waals surface area contributed by atoms with Crippen LogP contribution in [0.1, 0.15) is 50.3 Å². The van der Waals surface area contributed by atoms with Crippen molar-refractivity contribution in [2.75, 3.05) is 16.8 Å². The van der Waals surface area contributed by atoms with Crippen LogP contribution in [0.25, 0.3) is 0 Å². The normalized spacial score (nSPS) is 15.3. The van der Waals surface area contributed by atoms with Gasteiger partial charge in [0.25, 0.3) is 0 Å². The van der Waals surface area contributed by atoms with E-state index < -0.39 is 0 Å². The molecule has 1 aliphatic rings. The number of aromatic nitrogens is 2. The molecule has 1 saturated carbocycles. The molecule has 1 aliphatic carbocycles. The van der Waals surface area contributed by atoms with Gasteiger partial charge in [0.05, 0.1) is 0 Å². The van der Waals surface area contributed by atoms with Crippen LogP contribution in [-0.2, 0) is 0 Å². The summed E-state index contributed by atoms with van der Waals surface area (Å²) in [6.07, 6.45) is 6.49. The molecule has 0 unspecified atom stereocenters. The van der Waals surface area contributed by atoms with E-state index in [1.54, 1.807) is 0 Å². The number of benzene rings is 1. The van der Waals surface area contributed by atoms with Crippen LogP contribution in [0.5, 0.6) is 0 Å². The molecule has 0 radical (unpaired) electrons. The summed E-state index contributed by atoms with van der Waals surface area (Å²) in [7, 11) is 0. The van der Waals surface area contributed by atoms with Crippen LogP contribution in [-0.4, -0.2) is 22.6 Å². The Labute approximate surface area is 145 Å². The van der Waals surface area contributed by atoms with Crippen LogP contribution in [0.15, 0.2) is 30.3 Å². The molecule has 1 heterocycles. The Hall–Kier alpha value is -2.10. The van der Waals surface area contributed by atoms with Crippen molar-refractivity contribution in [3.8, 4) is 0 Å². The summed E-state index contributed by atoms with van der Waals surface area (Å²) in [6.45, 7) is 7.14. The van der Waals surface area contributed by atoms with Crippen molar-refractivity contribution in [1.29, 1.82) is 0 Å². The number of hydrogen-bond donors (Lipinski definition) is 1. The Morgan fingerprint density at radius 1 is 1.08 bits per heavy atom. The fourth-order valence-corrected chi connectivity index (χ4v) is 3.44. The van der Waals surface area contributed by atoms with E-state index in [4.69, 9.17) is 4.98 Å². The zero-order valence-electron chi connectivity index (χ0n) is 15.0. The predicted molar refractivity (Wildman–Crippen MR) is 101 cm³/mol. The van der Waals surface area contributed by atoms with Crippen molar-refractivity contribution in [3.05, 3.63) is 41.6 Å². The molecule has 3 rings (SSSR count). The molecular weight excluding hydrogens is 296 g/mol. The van der Waals surface area contributed by atoms with Crippen molar-refractivity contribution in [3.63, 3.8) is 0 Å². The average molecular weight is 324 g/mol. The highest BCUT2D eigenvalue weighted by atomic mass is 15.3. The standard InChI is InChI=1S/C20H28N4/c1-4-24(18-12-8-9-15(2)13-18)20-21-16(3)14-19(23-20)22-17-10-6-5-7-11-17/h8-9,12-14,17H,4-7,10-11H2,1-3H3,(H,21,22,23). The molecule has 0 bridgehead atoms. The van der Waals surface area contributed by atoms with E-state index in [0.717, 1.165) is 29.7 Å². The smallest absolute Gasteiger partial charge is 0.232 e. The van der Waals surface area contributed by atoms with Gasteiger partial charge in [0.15, 0.2) is 0 Å². The van der Waals surface area contributed by atoms with Gasteiger partial charge in [-0.15, -0.1) is 0 Å². The second-order valence-corrected chi connectivity index (χ2v) is 6.76. The minimum atomic E-state index is 0.551. The van der Waals surface area contributed by atoms with Gasteiger partial charge in [-0.25, -0.2) is 4.98 Å². The lowest BCUT2D eigenvalue weighted by atomic mass is 9.95. The molecule has 0 aliphatic heterocycles. The fourth-order valence-electron chi connectivity index (χ4n) is 3.44. The lowest BCUT2D eigenvalue weighted by molar-refractivity contribution is 0.462. The van der Waals surface area contributed by atoms with Crippen molar-refractivity contribution in [2.24, 2.45) is 0 Å². The third-order valence-corrected chi connectivity index (χ3v) is 4.67. The van der Waals surface area contributed by atoms with Gasteiger partial charge < -0.3 is 10.2 Å². The predicted octanol–water partition coefficient (Wildman–Crippen LogP) is 5.00. The van der Waals surface area contributed by atoms with Gasteiger partial charge in [-0.2, -0.15) is 4.98 Å². The van der Waals surface area contributed by atoms with Crippen molar-refractivity contribution < 1.29 is 0 Å². The summed E-state index contributed by atoms with van der Waals surface area (Å²) >= 11 is 0. The Bertz CT molecular complexity index is 677. The van der Waals surface area contributed by atoms with E-state index in [-0.39, 0.29) is 0 Å². The SMILES string of the molecule is CCN(c1cccc(C)c1)c1nc(C)cc(NC2CCCCC2)n1. The Balaban J connectivity index is 1.86. The van der Waals surface area contributed by atoms with Gasteiger partial charge in [-0.1, -0.05) is 31.4 Å². The molecule has 0 spiro atoms. The Kier molecular flexibility index (Phi) is 5.34. The van der Waals surface area contributed by atoms with Crippen LogP contribution in [0.4, 0.5) is 17.5 Å². The van der Waals surface area contributed by atoms with Crippen molar-refractivity contribution >= 4 is 17.5 Å². The summed E-state index contributed by atoms with van der Waals surface area (Å²) in [6, 6.07) is 11.1. The summed E-state index contributed by atoms with van der Waals surface area (Å²) in [5.74, 6) is 1.73. The number of anilines is 3. The number of nitrogens with one attached hydrogen (secondary N) is 1. The van der Waals surface area contributed by atoms with Gasteiger partial charge in [0.2, 0.25) is 5.95 Å². The number of aryl methyl sites for hydroxylation is 2. The van der Waals surface area contributed by atoms with E-state index in [1.165, 1.54) is 37.7 Å². The van der Waals surface area contributed by atoms with E-state index in [9.17, 15) is 0 Å². The van der Waals surface area contributed by atoms with Crippen molar-refractivity contribution in [2.45, 2.75) is 58.9 Å². The molecule has 2 aromatic rings. The highest BCUT2D eigenvalue weighted by Crippen LogP contribution is 2.26. The van der Waals surface area contributed by atoms with E-state index in [1.807, 2.05) is 6.92 Å². The molecule has 0 saturated heterocycles. The molecule has 1 fully saturated rings. The van der Waals surface area contributed by atoms with E-state index in [2.05, 4.69) is 59.4 Å². The van der Waals surface area contributed by atoms with Gasteiger partial charge >= 0.3 is 0 Å². The number of hydrogen-bond acceptors (Lipinski definition) is 4. The van der Waals surface area contributed by atoms with Crippen LogP contribution >= 0.6 is 0 Å². The topological polar surface area (TPSA) is 41.1 Å². The minimum absolute atomic E-state index is 0.551. The maximum absolute atomic E-state index is 4.81. The largest absolute Gasteiger partial charge is 0.367 e. The second-order valence-electron chi connectivity index (χ2n) is 6.76. The third-order valence-electron chi connectivity index (χ3n) is 4.67. The first kappa shape index (κ1) is 16.7. The maximum Gasteiger partial charge on any atom is 0.232 e. The molecule has 0 amide bonds. The summed E-state index contributed by atoms with van der Waals surface area (Å²) in [5, 5.41) is 3.63. The quantitative estimate of drug-likeness (QED) is 0.840.